The van der Waals surface area contributed by atoms with Crippen LogP contribution in [-0.4, -0.2) is 75.9 Å². The number of rotatable bonds is 14. The highest BCUT2D eigenvalue weighted by Gasteiger charge is 2.30. The van der Waals surface area contributed by atoms with Crippen LogP contribution in [0.3, 0.4) is 0 Å². The van der Waals surface area contributed by atoms with Gasteiger partial charge < -0.3 is 37.5 Å². The quantitative estimate of drug-likeness (QED) is 0.168. The van der Waals surface area contributed by atoms with E-state index in [1.807, 2.05) is 30.5 Å². The molecular weight excluding hydrogens is 488 g/mol. The van der Waals surface area contributed by atoms with E-state index in [0.717, 1.165) is 16.5 Å². The molecule has 1 heterocycles. The number of nitrogens with one attached hydrogen (secondary N) is 4. The van der Waals surface area contributed by atoms with Crippen molar-refractivity contribution < 1.29 is 29.1 Å². The summed E-state index contributed by atoms with van der Waals surface area (Å²) in [5.74, 6) is -3.86. The van der Waals surface area contributed by atoms with Gasteiger partial charge in [0.25, 0.3) is 0 Å². The Labute approximate surface area is 212 Å². The number of H-pyrrole nitrogens is 1. The summed E-state index contributed by atoms with van der Waals surface area (Å²) < 4.78 is 0. The monoisotopic (exact) mass is 520 g/mol. The predicted molar refractivity (Wildman–Crippen MR) is 136 cm³/mol. The van der Waals surface area contributed by atoms with Gasteiger partial charge in [0.2, 0.25) is 23.6 Å². The summed E-state index contributed by atoms with van der Waals surface area (Å²) in [6.45, 7) is 1.33. The fraction of sp³-hybridized carbons (Fsp3) is 0.435. The smallest absolute Gasteiger partial charge is 0.305 e. The molecule has 0 radical (unpaired) electrons. The number of hydrogen-bond acceptors (Lipinski definition) is 7. The molecule has 1 aromatic carbocycles. The van der Waals surface area contributed by atoms with Gasteiger partial charge in [0.15, 0.2) is 0 Å². The Balaban J connectivity index is 2.10. The summed E-state index contributed by atoms with van der Waals surface area (Å²) in [7, 11) is 0. The van der Waals surface area contributed by atoms with Crippen molar-refractivity contribution >= 4 is 52.3 Å². The minimum Gasteiger partial charge on any atom is -0.481 e. The van der Waals surface area contributed by atoms with Crippen LogP contribution >= 0.6 is 11.8 Å². The largest absolute Gasteiger partial charge is 0.481 e. The summed E-state index contributed by atoms with van der Waals surface area (Å²) in [4.78, 5) is 63.9. The van der Waals surface area contributed by atoms with Crippen molar-refractivity contribution in [2.24, 2.45) is 11.5 Å². The molecular formula is C23H32N6O6S. The van der Waals surface area contributed by atoms with Crippen LogP contribution < -0.4 is 27.4 Å². The molecule has 0 bridgehead atoms. The molecule has 13 heteroatoms. The second kappa shape index (κ2) is 13.5. The van der Waals surface area contributed by atoms with Crippen molar-refractivity contribution in [3.63, 3.8) is 0 Å². The maximum Gasteiger partial charge on any atom is 0.305 e. The van der Waals surface area contributed by atoms with Crippen LogP contribution in [0.15, 0.2) is 30.5 Å². The molecule has 9 N–H and O–H groups in total. The lowest BCUT2D eigenvalue weighted by atomic mass is 10.0. The zero-order valence-electron chi connectivity index (χ0n) is 20.1. The van der Waals surface area contributed by atoms with Crippen molar-refractivity contribution in [3.8, 4) is 0 Å². The molecule has 1 aromatic heterocycles. The molecule has 196 valence electrons. The van der Waals surface area contributed by atoms with Gasteiger partial charge in [0.1, 0.15) is 18.1 Å². The highest BCUT2D eigenvalue weighted by Crippen LogP contribution is 2.18. The molecule has 0 saturated heterocycles. The maximum atomic E-state index is 13.0. The van der Waals surface area contributed by atoms with Crippen molar-refractivity contribution in [1.82, 2.24) is 20.9 Å². The third-order valence-electron chi connectivity index (χ3n) is 5.49. The predicted octanol–water partition coefficient (Wildman–Crippen LogP) is -0.775. The molecule has 12 nitrogen and oxygen atoms in total. The van der Waals surface area contributed by atoms with Crippen LogP contribution in [-0.2, 0) is 30.4 Å². The van der Waals surface area contributed by atoms with Crippen LogP contribution in [0.4, 0.5) is 0 Å². The van der Waals surface area contributed by atoms with Gasteiger partial charge in [-0.05, 0) is 43.4 Å². The second-order valence-corrected chi connectivity index (χ2v) is 9.29. The Hall–Kier alpha value is -3.58. The van der Waals surface area contributed by atoms with Gasteiger partial charge >= 0.3 is 5.97 Å². The van der Waals surface area contributed by atoms with Gasteiger partial charge in [-0.2, -0.15) is 11.8 Å². The Morgan fingerprint density at radius 3 is 2.31 bits per heavy atom. The summed E-state index contributed by atoms with van der Waals surface area (Å²) in [6.07, 6.45) is 3.31. The number of aromatic amines is 1. The van der Waals surface area contributed by atoms with E-state index < -0.39 is 60.2 Å². The highest BCUT2D eigenvalue weighted by molar-refractivity contribution is 7.98. The van der Waals surface area contributed by atoms with Crippen LogP contribution in [0.5, 0.6) is 0 Å². The Morgan fingerprint density at radius 1 is 1.03 bits per heavy atom. The average Bonchev–Trinajstić information content (AvgIpc) is 3.23. The van der Waals surface area contributed by atoms with Crippen LogP contribution in [0.25, 0.3) is 10.9 Å². The molecule has 2 aromatic rings. The van der Waals surface area contributed by atoms with E-state index in [0.29, 0.717) is 5.75 Å². The summed E-state index contributed by atoms with van der Waals surface area (Å²) >= 11 is 1.44. The van der Waals surface area contributed by atoms with E-state index in [1.54, 1.807) is 6.20 Å². The minimum atomic E-state index is -1.48. The molecule has 0 aliphatic rings. The zero-order valence-corrected chi connectivity index (χ0v) is 20.9. The van der Waals surface area contributed by atoms with Crippen molar-refractivity contribution in [2.75, 3.05) is 12.0 Å². The number of aromatic nitrogens is 1. The number of carbonyl (C=O) groups is 5. The first-order valence-corrected chi connectivity index (χ1v) is 12.6. The van der Waals surface area contributed by atoms with Gasteiger partial charge in [-0.15, -0.1) is 0 Å². The zero-order chi connectivity index (χ0) is 26.8. The van der Waals surface area contributed by atoms with Gasteiger partial charge in [-0.3, -0.25) is 24.0 Å². The fourth-order valence-electron chi connectivity index (χ4n) is 3.45. The van der Waals surface area contributed by atoms with E-state index >= 15 is 0 Å². The Bertz CT molecular complexity index is 1110. The van der Waals surface area contributed by atoms with Gasteiger partial charge in [-0.1, -0.05) is 18.2 Å². The maximum absolute atomic E-state index is 13.0. The molecule has 2 rings (SSSR count). The molecule has 4 atom stereocenters. The molecule has 36 heavy (non-hydrogen) atoms. The summed E-state index contributed by atoms with van der Waals surface area (Å²) in [5, 5.41) is 17.3. The number of primary amides is 1. The molecule has 0 aliphatic carbocycles. The molecule has 0 spiro atoms. The number of thioether (sulfide) groups is 1. The van der Waals surface area contributed by atoms with E-state index in [4.69, 9.17) is 16.6 Å². The minimum absolute atomic E-state index is 0.220. The third-order valence-corrected chi connectivity index (χ3v) is 6.14. The number of carboxylic acid groups (broad SMARTS) is 1. The molecule has 4 amide bonds. The van der Waals surface area contributed by atoms with Gasteiger partial charge in [0.05, 0.1) is 12.5 Å². The molecule has 0 fully saturated rings. The van der Waals surface area contributed by atoms with Crippen molar-refractivity contribution in [2.45, 2.75) is 50.4 Å². The van der Waals surface area contributed by atoms with Gasteiger partial charge in [0, 0.05) is 17.1 Å². The number of hydrogen-bond donors (Lipinski definition) is 7. The number of benzene rings is 1. The second-order valence-electron chi connectivity index (χ2n) is 8.30. The lowest BCUT2D eigenvalue weighted by molar-refractivity contribution is -0.141. The first-order chi connectivity index (χ1) is 17.0. The number of carbonyl (C=O) groups excluding carboxylic acids is 4. The Kier molecular flexibility index (Phi) is 10.7. The molecule has 0 aliphatic heterocycles. The molecule has 0 unspecified atom stereocenters. The summed E-state index contributed by atoms with van der Waals surface area (Å²) in [5.41, 5.74) is 13.0. The van der Waals surface area contributed by atoms with Gasteiger partial charge in [-0.25, -0.2) is 0 Å². The summed E-state index contributed by atoms with van der Waals surface area (Å²) in [6, 6.07) is 3.01. The standard InChI is InChI=1S/C23H32N6O6S/c1-12(20(25)32)27-23(35)18(10-19(30)31)29-22(34)17(7-8-36-2)28-21(33)15(24)9-13-11-26-16-6-4-3-5-14(13)16/h3-6,11-12,15,17-18,26H,7-10,24H2,1-2H3,(H2,25,32)(H,27,35)(H,28,33)(H,29,34)(H,30,31)/t12-,15+,17+,18+/m1/s1. The van der Waals surface area contributed by atoms with E-state index in [2.05, 4.69) is 20.9 Å². The lowest BCUT2D eigenvalue weighted by Gasteiger charge is -2.24. The van der Waals surface area contributed by atoms with E-state index in [9.17, 15) is 24.0 Å². The lowest BCUT2D eigenvalue weighted by Crippen LogP contribution is -2.57. The number of fused-ring (bicyclic) bond motifs is 1. The third kappa shape index (κ3) is 8.27. The molecule has 0 saturated carbocycles. The normalized spacial score (nSPS) is 14.3. The van der Waals surface area contributed by atoms with Crippen molar-refractivity contribution in [3.05, 3.63) is 36.0 Å². The van der Waals surface area contributed by atoms with Crippen LogP contribution in [0.2, 0.25) is 0 Å². The SMILES string of the molecule is CSCC[C@H](NC(=O)[C@@H](N)Cc1c[nH]c2ccccc12)C(=O)N[C@@H](CC(=O)O)C(=O)N[C@H](C)C(N)=O. The average molecular weight is 521 g/mol. The number of para-hydroxylation sites is 1. The number of amides is 4. The topological polar surface area (TPSA) is 209 Å². The highest BCUT2D eigenvalue weighted by atomic mass is 32.2. The van der Waals surface area contributed by atoms with E-state index in [1.165, 1.54) is 18.7 Å². The fourth-order valence-corrected chi connectivity index (χ4v) is 3.93. The number of nitrogens with two attached hydrogens (primary N) is 2. The number of aliphatic carboxylic acids is 1. The first kappa shape index (κ1) is 28.7. The first-order valence-electron chi connectivity index (χ1n) is 11.2. The van der Waals surface area contributed by atoms with E-state index in [-0.39, 0.29) is 12.8 Å². The van der Waals surface area contributed by atoms with Crippen LogP contribution in [0, 0.1) is 0 Å². The Morgan fingerprint density at radius 2 is 1.67 bits per heavy atom. The van der Waals surface area contributed by atoms with Crippen molar-refractivity contribution in [1.29, 1.82) is 0 Å². The van der Waals surface area contributed by atoms with Crippen LogP contribution in [0.1, 0.15) is 25.3 Å². The number of carboxylic acids is 1.